The van der Waals surface area contributed by atoms with E-state index in [1.54, 1.807) is 0 Å². The van der Waals surface area contributed by atoms with Crippen LogP contribution in [0.3, 0.4) is 0 Å². The van der Waals surface area contributed by atoms with Crippen LogP contribution in [-0.4, -0.2) is 13.1 Å². The summed E-state index contributed by atoms with van der Waals surface area (Å²) in [5.41, 5.74) is 1.37. The summed E-state index contributed by atoms with van der Waals surface area (Å²) in [4.78, 5) is 0. The van der Waals surface area contributed by atoms with Crippen LogP contribution >= 0.6 is 0 Å². The molecular weight excluding hydrogens is 122 g/mol. The lowest BCUT2D eigenvalue weighted by molar-refractivity contribution is 0.605. The van der Waals surface area contributed by atoms with Gasteiger partial charge in [0.15, 0.2) is 0 Å². The molecule has 0 heterocycles. The third-order valence-corrected chi connectivity index (χ3v) is 1.52. The van der Waals surface area contributed by atoms with Crippen molar-refractivity contribution in [2.24, 2.45) is 0 Å². The van der Waals surface area contributed by atoms with E-state index in [0.717, 1.165) is 6.42 Å². The molecule has 1 nitrogen and oxygen atoms in total. The minimum Gasteiger partial charge on any atom is -0.317 e. The van der Waals surface area contributed by atoms with Crippen LogP contribution in [0.5, 0.6) is 0 Å². The van der Waals surface area contributed by atoms with E-state index in [1.165, 1.54) is 5.57 Å². The third kappa shape index (κ3) is 4.33. The predicted molar refractivity (Wildman–Crippen MR) is 47.1 cm³/mol. The monoisotopic (exact) mass is 139 g/mol. The van der Waals surface area contributed by atoms with Crippen molar-refractivity contribution in [3.63, 3.8) is 0 Å². The van der Waals surface area contributed by atoms with Gasteiger partial charge in [-0.25, -0.2) is 0 Å². The molecule has 0 aliphatic carbocycles. The first-order valence-corrected chi connectivity index (χ1v) is 3.66. The van der Waals surface area contributed by atoms with Crippen LogP contribution in [0.15, 0.2) is 24.3 Å². The fraction of sp³-hybridized carbons (Fsp3) is 0.556. The molecular formula is C9H17N. The Morgan fingerprint density at radius 3 is 2.70 bits per heavy atom. The van der Waals surface area contributed by atoms with Crippen molar-refractivity contribution in [2.45, 2.75) is 26.3 Å². The molecule has 0 radical (unpaired) electrons. The van der Waals surface area contributed by atoms with Gasteiger partial charge in [0.1, 0.15) is 0 Å². The summed E-state index contributed by atoms with van der Waals surface area (Å²) in [6, 6.07) is 0.566. The van der Waals surface area contributed by atoms with Crippen LogP contribution in [0.25, 0.3) is 0 Å². The Bertz CT molecular complexity index is 125. The zero-order chi connectivity index (χ0) is 7.98. The summed E-state index contributed by atoms with van der Waals surface area (Å²) in [6.07, 6.45) is 4.98. The molecule has 0 fully saturated rings. The van der Waals surface area contributed by atoms with Gasteiger partial charge >= 0.3 is 0 Å². The second-order valence-electron chi connectivity index (χ2n) is 2.64. The minimum absolute atomic E-state index is 0.566. The van der Waals surface area contributed by atoms with E-state index >= 15 is 0 Å². The lowest BCUT2D eigenvalue weighted by Gasteiger charge is -2.08. The first-order valence-electron chi connectivity index (χ1n) is 3.66. The highest BCUT2D eigenvalue weighted by atomic mass is 14.8. The minimum atomic E-state index is 0.566. The summed E-state index contributed by atoms with van der Waals surface area (Å²) in [6.45, 7) is 7.92. The van der Waals surface area contributed by atoms with Gasteiger partial charge < -0.3 is 5.32 Å². The van der Waals surface area contributed by atoms with Gasteiger partial charge in [-0.15, -0.1) is 0 Å². The third-order valence-electron chi connectivity index (χ3n) is 1.52. The first-order chi connectivity index (χ1) is 4.70. The van der Waals surface area contributed by atoms with E-state index in [0.29, 0.717) is 6.04 Å². The quantitative estimate of drug-likeness (QED) is 0.588. The molecule has 1 N–H and O–H groups in total. The molecule has 0 aromatic rings. The Kier molecular flexibility index (Phi) is 4.95. The Morgan fingerprint density at radius 2 is 2.30 bits per heavy atom. The number of nitrogens with one attached hydrogen (secondary N) is 1. The van der Waals surface area contributed by atoms with Gasteiger partial charge in [0.2, 0.25) is 0 Å². The van der Waals surface area contributed by atoms with Crippen molar-refractivity contribution < 1.29 is 0 Å². The predicted octanol–water partition coefficient (Wildman–Crippen LogP) is 2.12. The average Bonchev–Trinajstić information content (AvgIpc) is 1.88. The molecule has 0 aliphatic rings. The highest BCUT2D eigenvalue weighted by Gasteiger charge is 1.96. The molecule has 0 spiro atoms. The van der Waals surface area contributed by atoms with E-state index in [4.69, 9.17) is 0 Å². The molecule has 0 bridgehead atoms. The van der Waals surface area contributed by atoms with Crippen LogP contribution < -0.4 is 5.32 Å². The van der Waals surface area contributed by atoms with Crippen molar-refractivity contribution in [1.29, 1.82) is 0 Å². The zero-order valence-electron chi connectivity index (χ0n) is 7.15. The lowest BCUT2D eigenvalue weighted by atomic mass is 10.1. The highest BCUT2D eigenvalue weighted by molar-refractivity contribution is 5.08. The smallest absolute Gasteiger partial charge is 0.00729 e. The maximum Gasteiger partial charge on any atom is 0.00729 e. The fourth-order valence-corrected chi connectivity index (χ4v) is 0.854. The zero-order valence-corrected chi connectivity index (χ0v) is 7.15. The van der Waals surface area contributed by atoms with Gasteiger partial charge in [0.25, 0.3) is 0 Å². The van der Waals surface area contributed by atoms with E-state index in [2.05, 4.69) is 25.7 Å². The van der Waals surface area contributed by atoms with E-state index < -0.39 is 0 Å². The van der Waals surface area contributed by atoms with Crippen molar-refractivity contribution in [1.82, 2.24) is 5.32 Å². The maximum absolute atomic E-state index is 3.64. The van der Waals surface area contributed by atoms with Crippen LogP contribution in [0.1, 0.15) is 20.3 Å². The lowest BCUT2D eigenvalue weighted by Crippen LogP contribution is -2.20. The second kappa shape index (κ2) is 5.24. The van der Waals surface area contributed by atoms with E-state index in [-0.39, 0.29) is 0 Å². The van der Waals surface area contributed by atoms with Gasteiger partial charge in [-0.3, -0.25) is 0 Å². The fourth-order valence-electron chi connectivity index (χ4n) is 0.854. The Balaban J connectivity index is 3.66. The largest absolute Gasteiger partial charge is 0.317 e. The number of allylic oxidation sites excluding steroid dienone is 2. The van der Waals surface area contributed by atoms with Crippen LogP contribution in [0, 0.1) is 0 Å². The van der Waals surface area contributed by atoms with Crippen LogP contribution in [0.2, 0.25) is 0 Å². The van der Waals surface area contributed by atoms with Gasteiger partial charge in [-0.1, -0.05) is 24.3 Å². The van der Waals surface area contributed by atoms with Crippen LogP contribution in [-0.2, 0) is 0 Å². The molecule has 10 heavy (non-hydrogen) atoms. The first kappa shape index (κ1) is 9.44. The van der Waals surface area contributed by atoms with Gasteiger partial charge in [-0.05, 0) is 27.3 Å². The summed E-state index contributed by atoms with van der Waals surface area (Å²) >= 11 is 0. The van der Waals surface area contributed by atoms with E-state index in [9.17, 15) is 0 Å². The topological polar surface area (TPSA) is 12.0 Å². The van der Waals surface area contributed by atoms with Crippen molar-refractivity contribution >= 4 is 0 Å². The number of rotatable bonds is 4. The summed E-state index contributed by atoms with van der Waals surface area (Å²) in [5, 5.41) is 3.18. The SMILES string of the molecule is C=C/C=C(\C)CC(C)NC. The Hall–Kier alpha value is -0.560. The van der Waals surface area contributed by atoms with Gasteiger partial charge in [0, 0.05) is 6.04 Å². The standard InChI is InChI=1S/C9H17N/c1-5-6-8(2)7-9(3)10-4/h5-6,9-10H,1,7H2,2-4H3/b8-6+. The molecule has 0 aromatic heterocycles. The van der Waals surface area contributed by atoms with Gasteiger partial charge in [0.05, 0.1) is 0 Å². The number of hydrogen-bond acceptors (Lipinski definition) is 1. The van der Waals surface area contributed by atoms with Crippen LogP contribution in [0.4, 0.5) is 0 Å². The molecule has 0 aliphatic heterocycles. The molecule has 58 valence electrons. The molecule has 1 atom stereocenters. The van der Waals surface area contributed by atoms with Crippen molar-refractivity contribution in [3.05, 3.63) is 24.3 Å². The van der Waals surface area contributed by atoms with E-state index in [1.807, 2.05) is 19.2 Å². The molecule has 0 saturated carbocycles. The molecule has 0 saturated heterocycles. The molecule has 1 heteroatoms. The molecule has 0 aromatic carbocycles. The maximum atomic E-state index is 3.64. The average molecular weight is 139 g/mol. The summed E-state index contributed by atoms with van der Waals surface area (Å²) in [7, 11) is 1.98. The summed E-state index contributed by atoms with van der Waals surface area (Å²) in [5.74, 6) is 0. The Morgan fingerprint density at radius 1 is 1.70 bits per heavy atom. The molecule has 1 unspecified atom stereocenters. The van der Waals surface area contributed by atoms with Crippen molar-refractivity contribution in [3.8, 4) is 0 Å². The Labute approximate surface area is 63.8 Å². The normalized spacial score (nSPS) is 14.9. The van der Waals surface area contributed by atoms with Gasteiger partial charge in [-0.2, -0.15) is 0 Å². The molecule has 0 rings (SSSR count). The summed E-state index contributed by atoms with van der Waals surface area (Å²) < 4.78 is 0. The molecule has 0 amide bonds. The van der Waals surface area contributed by atoms with Crippen molar-refractivity contribution in [2.75, 3.05) is 7.05 Å². The second-order valence-corrected chi connectivity index (χ2v) is 2.64. The highest BCUT2D eigenvalue weighted by Crippen LogP contribution is 2.02. The number of hydrogen-bond donors (Lipinski definition) is 1.